The lowest BCUT2D eigenvalue weighted by Crippen LogP contribution is -2.32. The van der Waals surface area contributed by atoms with Crippen molar-refractivity contribution in [1.82, 2.24) is 5.32 Å². The molecule has 0 fully saturated rings. The minimum atomic E-state index is -3.88. The third kappa shape index (κ3) is 7.74. The number of rotatable bonds is 9. The third-order valence-corrected chi connectivity index (χ3v) is 5.98. The van der Waals surface area contributed by atoms with Crippen LogP contribution in [0.2, 0.25) is 0 Å². The van der Waals surface area contributed by atoms with Crippen LogP contribution in [0.4, 0.5) is 5.69 Å². The molecule has 0 saturated heterocycles. The minimum Gasteiger partial charge on any atom is -0.491 e. The first-order chi connectivity index (χ1) is 13.4. The van der Waals surface area contributed by atoms with Gasteiger partial charge in [-0.3, -0.25) is 9.52 Å². The summed E-state index contributed by atoms with van der Waals surface area (Å²) in [5.74, 6) is -0.800. The normalized spacial score (nSPS) is 11.9. The van der Waals surface area contributed by atoms with Gasteiger partial charge < -0.3 is 10.1 Å². The highest BCUT2D eigenvalue weighted by atomic mass is 32.2. The average Bonchev–Trinajstić information content (AvgIpc) is 2.60. The van der Waals surface area contributed by atoms with Gasteiger partial charge in [-0.25, -0.2) is 16.8 Å². The van der Waals surface area contributed by atoms with Gasteiger partial charge in [0.15, 0.2) is 9.84 Å². The summed E-state index contributed by atoms with van der Waals surface area (Å²) in [6.45, 7) is 3.85. The van der Waals surface area contributed by atoms with E-state index >= 15 is 0 Å². The Morgan fingerprint density at radius 1 is 0.966 bits per heavy atom. The first-order valence-corrected chi connectivity index (χ1v) is 12.3. The second-order valence-corrected chi connectivity index (χ2v) is 10.5. The molecule has 158 valence electrons. The van der Waals surface area contributed by atoms with Crippen LogP contribution in [0.5, 0.6) is 5.75 Å². The molecule has 2 N–H and O–H groups in total. The van der Waals surface area contributed by atoms with E-state index in [-0.39, 0.29) is 17.5 Å². The average molecular weight is 441 g/mol. The molecule has 0 unspecified atom stereocenters. The van der Waals surface area contributed by atoms with Crippen LogP contribution in [0.1, 0.15) is 19.4 Å². The van der Waals surface area contributed by atoms with E-state index in [1.807, 2.05) is 13.8 Å². The number of ether oxygens (including phenoxy) is 1. The smallest absolute Gasteiger partial charge is 0.241 e. The van der Waals surface area contributed by atoms with Crippen molar-refractivity contribution in [3.63, 3.8) is 0 Å². The molecule has 0 aliphatic heterocycles. The fourth-order valence-corrected chi connectivity index (χ4v) is 4.01. The predicted molar refractivity (Wildman–Crippen MR) is 111 cm³/mol. The highest BCUT2D eigenvalue weighted by Gasteiger charge is 2.16. The molecular formula is C19H24N2O6S2. The van der Waals surface area contributed by atoms with E-state index in [2.05, 4.69) is 10.0 Å². The summed E-state index contributed by atoms with van der Waals surface area (Å²) >= 11 is 0. The zero-order valence-electron chi connectivity index (χ0n) is 16.4. The Labute approximate surface area is 171 Å². The number of carbonyl (C=O) groups is 1. The maximum absolute atomic E-state index is 12.2. The van der Waals surface area contributed by atoms with Gasteiger partial charge in [0, 0.05) is 18.5 Å². The number of hydrogen-bond acceptors (Lipinski definition) is 6. The maximum atomic E-state index is 12.2. The number of carbonyl (C=O) groups excluding carboxylic acids is 1. The molecule has 0 radical (unpaired) electrons. The maximum Gasteiger partial charge on any atom is 0.241 e. The number of amides is 1. The Hall–Kier alpha value is -2.59. The lowest BCUT2D eigenvalue weighted by Gasteiger charge is -2.11. The van der Waals surface area contributed by atoms with Crippen molar-refractivity contribution < 1.29 is 26.4 Å². The molecule has 10 heteroatoms. The van der Waals surface area contributed by atoms with Gasteiger partial charge in [0.2, 0.25) is 15.9 Å². The highest BCUT2D eigenvalue weighted by Crippen LogP contribution is 2.18. The molecule has 0 aliphatic carbocycles. The Bertz CT molecular complexity index is 1040. The van der Waals surface area contributed by atoms with E-state index in [1.54, 1.807) is 36.4 Å². The van der Waals surface area contributed by atoms with E-state index in [0.29, 0.717) is 17.0 Å². The van der Waals surface area contributed by atoms with E-state index < -0.39 is 31.5 Å². The van der Waals surface area contributed by atoms with Gasteiger partial charge in [-0.2, -0.15) is 0 Å². The Morgan fingerprint density at radius 2 is 1.55 bits per heavy atom. The summed E-state index contributed by atoms with van der Waals surface area (Å²) < 4.78 is 55.0. The lowest BCUT2D eigenvalue weighted by atomic mass is 10.2. The third-order valence-electron chi connectivity index (χ3n) is 3.66. The van der Waals surface area contributed by atoms with Crippen LogP contribution in [-0.4, -0.2) is 40.9 Å². The summed E-state index contributed by atoms with van der Waals surface area (Å²) in [5.41, 5.74) is 0.974. The molecule has 29 heavy (non-hydrogen) atoms. The number of sulfonamides is 1. The molecule has 0 spiro atoms. The zero-order chi connectivity index (χ0) is 21.7. The number of hydrogen-bond donors (Lipinski definition) is 2. The van der Waals surface area contributed by atoms with Crippen LogP contribution in [0.15, 0.2) is 53.4 Å². The van der Waals surface area contributed by atoms with Crippen molar-refractivity contribution >= 4 is 31.5 Å². The largest absolute Gasteiger partial charge is 0.491 e. The summed E-state index contributed by atoms with van der Waals surface area (Å²) in [5, 5.41) is 2.50. The molecule has 2 aromatic rings. The van der Waals surface area contributed by atoms with Crippen LogP contribution in [-0.2, 0) is 31.2 Å². The number of sulfone groups is 1. The first kappa shape index (κ1) is 22.7. The van der Waals surface area contributed by atoms with E-state index in [4.69, 9.17) is 4.74 Å². The Morgan fingerprint density at radius 3 is 2.07 bits per heavy atom. The van der Waals surface area contributed by atoms with Crippen LogP contribution < -0.4 is 14.8 Å². The van der Waals surface area contributed by atoms with Gasteiger partial charge in [0.05, 0.1) is 11.0 Å². The predicted octanol–water partition coefficient (Wildman–Crippen LogP) is 1.94. The molecule has 2 aromatic carbocycles. The van der Waals surface area contributed by atoms with Crippen molar-refractivity contribution in [2.45, 2.75) is 31.4 Å². The molecule has 0 atom stereocenters. The topological polar surface area (TPSA) is 119 Å². The standard InChI is InChI=1S/C19H24N2O6S2/c1-14(2)27-17-8-6-16(7-9-17)21-29(25,26)13-19(22)20-12-15-4-10-18(11-5-15)28(3,23)24/h4-11,14,21H,12-13H2,1-3H3,(H,20,22). The molecule has 0 aliphatic rings. The molecule has 0 saturated carbocycles. The van der Waals surface area contributed by atoms with Crippen molar-refractivity contribution in [2.24, 2.45) is 0 Å². The number of anilines is 1. The van der Waals surface area contributed by atoms with E-state index in [1.165, 1.54) is 12.1 Å². The number of nitrogens with one attached hydrogen (secondary N) is 2. The Balaban J connectivity index is 1.88. The van der Waals surface area contributed by atoms with Crippen LogP contribution in [0.25, 0.3) is 0 Å². The van der Waals surface area contributed by atoms with Crippen molar-refractivity contribution in [3.8, 4) is 5.75 Å². The van der Waals surface area contributed by atoms with Crippen LogP contribution >= 0.6 is 0 Å². The summed E-state index contributed by atoms with van der Waals surface area (Å²) in [6, 6.07) is 12.4. The molecule has 0 heterocycles. The summed E-state index contributed by atoms with van der Waals surface area (Å²) in [7, 11) is -7.18. The monoisotopic (exact) mass is 440 g/mol. The minimum absolute atomic E-state index is 0.00353. The van der Waals surface area contributed by atoms with Crippen LogP contribution in [0.3, 0.4) is 0 Å². The lowest BCUT2D eigenvalue weighted by molar-refractivity contribution is -0.118. The fourth-order valence-electron chi connectivity index (χ4n) is 2.37. The number of benzene rings is 2. The molecular weight excluding hydrogens is 416 g/mol. The van der Waals surface area contributed by atoms with Gasteiger partial charge in [-0.05, 0) is 55.8 Å². The second kappa shape index (κ2) is 9.27. The molecule has 0 aromatic heterocycles. The van der Waals surface area contributed by atoms with Gasteiger partial charge in [0.1, 0.15) is 11.5 Å². The van der Waals surface area contributed by atoms with Crippen molar-refractivity contribution in [1.29, 1.82) is 0 Å². The summed E-state index contributed by atoms with van der Waals surface area (Å²) in [4.78, 5) is 12.1. The van der Waals surface area contributed by atoms with Gasteiger partial charge in [-0.1, -0.05) is 12.1 Å². The van der Waals surface area contributed by atoms with E-state index in [9.17, 15) is 21.6 Å². The van der Waals surface area contributed by atoms with Gasteiger partial charge in [0.25, 0.3) is 0 Å². The molecule has 2 rings (SSSR count). The van der Waals surface area contributed by atoms with Gasteiger partial charge >= 0.3 is 0 Å². The van der Waals surface area contributed by atoms with Crippen molar-refractivity contribution in [3.05, 3.63) is 54.1 Å². The second-order valence-electron chi connectivity index (χ2n) is 6.74. The fraction of sp³-hybridized carbons (Fsp3) is 0.316. The zero-order valence-corrected chi connectivity index (χ0v) is 18.0. The van der Waals surface area contributed by atoms with Crippen molar-refractivity contribution in [2.75, 3.05) is 16.7 Å². The van der Waals surface area contributed by atoms with Gasteiger partial charge in [-0.15, -0.1) is 0 Å². The first-order valence-electron chi connectivity index (χ1n) is 8.77. The van der Waals surface area contributed by atoms with Crippen LogP contribution in [0, 0.1) is 0 Å². The highest BCUT2D eigenvalue weighted by molar-refractivity contribution is 7.93. The SMILES string of the molecule is CC(C)Oc1ccc(NS(=O)(=O)CC(=O)NCc2ccc(S(C)(=O)=O)cc2)cc1. The van der Waals surface area contributed by atoms with E-state index in [0.717, 1.165) is 6.26 Å². The molecule has 1 amide bonds. The quantitative estimate of drug-likeness (QED) is 0.615. The summed E-state index contributed by atoms with van der Waals surface area (Å²) in [6.07, 6.45) is 1.11. The molecule has 8 nitrogen and oxygen atoms in total. The molecule has 0 bridgehead atoms. The Kier molecular flexibility index (Phi) is 7.26.